The molecule has 0 N–H and O–H groups in total. The Bertz CT molecular complexity index is 317. The van der Waals surface area contributed by atoms with E-state index in [-0.39, 0.29) is 5.56 Å². The third kappa shape index (κ3) is 2.47. The van der Waals surface area contributed by atoms with Crippen molar-refractivity contribution in [3.05, 3.63) is 26.4 Å². The van der Waals surface area contributed by atoms with E-state index >= 15 is 0 Å². The zero-order chi connectivity index (χ0) is 10.0. The number of alkyl halides is 3. The first-order chi connectivity index (χ1) is 6.07. The van der Waals surface area contributed by atoms with Crippen molar-refractivity contribution in [3.8, 4) is 0 Å². The molecule has 0 unspecified atom stereocenters. The maximum absolute atomic E-state index is 12.4. The van der Waals surface area contributed by atoms with Gasteiger partial charge in [0.25, 0.3) is 6.43 Å². The van der Waals surface area contributed by atoms with Gasteiger partial charge in [-0.15, -0.1) is 0 Å². The number of hydrogen-bond donors (Lipinski definition) is 0. The number of hydrogen-bond acceptors (Lipinski definition) is 1. The molecular formula is C7H4Br3F2N. The second-order valence-electron chi connectivity index (χ2n) is 2.23. The number of halogens is 5. The summed E-state index contributed by atoms with van der Waals surface area (Å²) in [5, 5.41) is 0.369. The Hall–Kier alpha value is 0.450. The average molecular weight is 380 g/mol. The first-order valence-electron chi connectivity index (χ1n) is 3.24. The van der Waals surface area contributed by atoms with Gasteiger partial charge in [-0.1, -0.05) is 15.9 Å². The predicted molar refractivity (Wildman–Crippen MR) is 57.2 cm³/mol. The summed E-state index contributed by atoms with van der Waals surface area (Å²) >= 11 is 9.48. The average Bonchev–Trinajstić information content (AvgIpc) is 2.09. The molecule has 0 aromatic carbocycles. The number of nitrogens with zero attached hydrogens (tertiary/aromatic N) is 1. The van der Waals surface area contributed by atoms with Crippen LogP contribution in [0.1, 0.15) is 17.6 Å². The molecule has 1 nitrogen and oxygen atoms in total. The van der Waals surface area contributed by atoms with Crippen molar-refractivity contribution in [2.45, 2.75) is 11.8 Å². The molecule has 0 amide bonds. The monoisotopic (exact) mass is 377 g/mol. The summed E-state index contributed by atoms with van der Waals surface area (Å²) in [6, 6.07) is 0. The van der Waals surface area contributed by atoms with Crippen LogP contribution < -0.4 is 0 Å². The lowest BCUT2D eigenvalue weighted by Crippen LogP contribution is -1.96. The quantitative estimate of drug-likeness (QED) is 0.547. The molecule has 1 aromatic rings. The second-order valence-corrected chi connectivity index (χ2v) is 4.34. The lowest BCUT2D eigenvalue weighted by molar-refractivity contribution is 0.150. The van der Waals surface area contributed by atoms with Crippen molar-refractivity contribution in [1.82, 2.24) is 4.98 Å². The van der Waals surface area contributed by atoms with Crippen molar-refractivity contribution >= 4 is 47.8 Å². The summed E-state index contributed by atoms with van der Waals surface area (Å²) in [7, 11) is 0. The molecule has 0 saturated heterocycles. The summed E-state index contributed by atoms with van der Waals surface area (Å²) in [6.07, 6.45) is -1.32. The fourth-order valence-electron chi connectivity index (χ4n) is 0.836. The highest BCUT2D eigenvalue weighted by Gasteiger charge is 2.17. The standard InChI is InChI=1S/C7H4Br3F2N/c8-1-3-4(7(11)12)2-13-6(10)5(3)9/h2,7H,1H2. The smallest absolute Gasteiger partial charge is 0.248 e. The zero-order valence-electron chi connectivity index (χ0n) is 6.20. The molecule has 6 heteroatoms. The van der Waals surface area contributed by atoms with Crippen LogP contribution in [-0.2, 0) is 5.33 Å². The van der Waals surface area contributed by atoms with Gasteiger partial charge in [-0.3, -0.25) is 0 Å². The van der Waals surface area contributed by atoms with E-state index in [0.717, 1.165) is 0 Å². The Balaban J connectivity index is 3.30. The SMILES string of the molecule is FC(F)c1cnc(Br)c(Br)c1CBr. The molecule has 0 aliphatic carbocycles. The summed E-state index contributed by atoms with van der Waals surface area (Å²) in [5.41, 5.74) is 0.476. The van der Waals surface area contributed by atoms with Gasteiger partial charge in [0.2, 0.25) is 0 Å². The van der Waals surface area contributed by atoms with E-state index in [4.69, 9.17) is 0 Å². The molecule has 1 rings (SSSR count). The van der Waals surface area contributed by atoms with Gasteiger partial charge in [-0.2, -0.15) is 0 Å². The van der Waals surface area contributed by atoms with Gasteiger partial charge in [0.15, 0.2) is 0 Å². The van der Waals surface area contributed by atoms with E-state index in [2.05, 4.69) is 52.8 Å². The lowest BCUT2D eigenvalue weighted by Gasteiger charge is -2.08. The lowest BCUT2D eigenvalue weighted by atomic mass is 10.2. The molecule has 72 valence electrons. The van der Waals surface area contributed by atoms with Gasteiger partial charge < -0.3 is 0 Å². The minimum absolute atomic E-state index is 0.0491. The van der Waals surface area contributed by atoms with Gasteiger partial charge in [0, 0.05) is 17.1 Å². The fourth-order valence-corrected chi connectivity index (χ4v) is 2.63. The van der Waals surface area contributed by atoms with Crippen LogP contribution in [0.2, 0.25) is 0 Å². The minimum Gasteiger partial charge on any atom is -0.248 e. The molecular weight excluding hydrogens is 376 g/mol. The Kier molecular flexibility index (Phi) is 4.25. The summed E-state index contributed by atoms with van der Waals surface area (Å²) in [4.78, 5) is 3.78. The van der Waals surface area contributed by atoms with E-state index in [1.54, 1.807) is 0 Å². The van der Waals surface area contributed by atoms with Crippen molar-refractivity contribution < 1.29 is 8.78 Å². The van der Waals surface area contributed by atoms with Gasteiger partial charge in [0.05, 0.1) is 4.47 Å². The maximum Gasteiger partial charge on any atom is 0.265 e. The third-order valence-corrected chi connectivity index (χ3v) is 4.03. The second kappa shape index (κ2) is 4.79. The first-order valence-corrected chi connectivity index (χ1v) is 5.95. The molecule has 0 atom stereocenters. The largest absolute Gasteiger partial charge is 0.265 e. The van der Waals surface area contributed by atoms with Crippen molar-refractivity contribution in [1.29, 1.82) is 0 Å². The topological polar surface area (TPSA) is 12.9 Å². The molecule has 0 bridgehead atoms. The van der Waals surface area contributed by atoms with Crippen LogP contribution in [0.5, 0.6) is 0 Å². The fraction of sp³-hybridized carbons (Fsp3) is 0.286. The van der Waals surface area contributed by atoms with Gasteiger partial charge >= 0.3 is 0 Å². The summed E-state index contributed by atoms with van der Waals surface area (Å²) in [5.74, 6) is 0. The van der Waals surface area contributed by atoms with E-state index in [9.17, 15) is 8.78 Å². The normalized spacial score (nSPS) is 10.9. The number of pyridine rings is 1. The predicted octanol–water partition coefficient (Wildman–Crippen LogP) is 4.44. The van der Waals surface area contributed by atoms with Crippen LogP contribution in [0.25, 0.3) is 0 Å². The van der Waals surface area contributed by atoms with Crippen LogP contribution in [0.15, 0.2) is 15.3 Å². The van der Waals surface area contributed by atoms with Crippen LogP contribution in [0, 0.1) is 0 Å². The van der Waals surface area contributed by atoms with Gasteiger partial charge in [0.1, 0.15) is 4.60 Å². The Morgan fingerprint density at radius 1 is 1.38 bits per heavy atom. The Labute approximate surface area is 99.3 Å². The van der Waals surface area contributed by atoms with E-state index in [1.165, 1.54) is 6.20 Å². The van der Waals surface area contributed by atoms with Crippen LogP contribution in [0.4, 0.5) is 8.78 Å². The highest BCUT2D eigenvalue weighted by atomic mass is 79.9. The van der Waals surface area contributed by atoms with Crippen LogP contribution >= 0.6 is 47.8 Å². The van der Waals surface area contributed by atoms with Gasteiger partial charge in [-0.25, -0.2) is 13.8 Å². The molecule has 0 fully saturated rings. The summed E-state index contributed by atoms with van der Waals surface area (Å²) < 4.78 is 26.0. The van der Waals surface area contributed by atoms with Gasteiger partial charge in [-0.05, 0) is 37.4 Å². The van der Waals surface area contributed by atoms with E-state index in [0.29, 0.717) is 20.0 Å². The minimum atomic E-state index is -2.50. The third-order valence-electron chi connectivity index (χ3n) is 1.48. The van der Waals surface area contributed by atoms with E-state index < -0.39 is 6.43 Å². The molecule has 13 heavy (non-hydrogen) atoms. The molecule has 1 heterocycles. The zero-order valence-corrected chi connectivity index (χ0v) is 11.0. The highest BCUT2D eigenvalue weighted by Crippen LogP contribution is 2.33. The number of rotatable bonds is 2. The van der Waals surface area contributed by atoms with Crippen molar-refractivity contribution in [3.63, 3.8) is 0 Å². The highest BCUT2D eigenvalue weighted by molar-refractivity contribution is 9.13. The molecule has 0 saturated carbocycles. The van der Waals surface area contributed by atoms with Crippen LogP contribution in [0.3, 0.4) is 0 Å². The Morgan fingerprint density at radius 2 is 2.00 bits per heavy atom. The molecule has 1 aromatic heterocycles. The van der Waals surface area contributed by atoms with Crippen LogP contribution in [-0.4, -0.2) is 4.98 Å². The molecule has 0 aliphatic heterocycles. The molecule has 0 radical (unpaired) electrons. The van der Waals surface area contributed by atoms with E-state index in [1.807, 2.05) is 0 Å². The van der Waals surface area contributed by atoms with Crippen molar-refractivity contribution in [2.75, 3.05) is 0 Å². The van der Waals surface area contributed by atoms with Crippen molar-refractivity contribution in [2.24, 2.45) is 0 Å². The maximum atomic E-state index is 12.4. The molecule has 0 aliphatic rings. The molecule has 0 spiro atoms. The Morgan fingerprint density at radius 3 is 2.46 bits per heavy atom. The first kappa shape index (κ1) is 11.5. The summed E-state index contributed by atoms with van der Waals surface area (Å²) in [6.45, 7) is 0. The number of aromatic nitrogens is 1.